The van der Waals surface area contributed by atoms with Crippen LogP contribution in [0.2, 0.25) is 0 Å². The van der Waals surface area contributed by atoms with Gasteiger partial charge >= 0.3 is 0 Å². The standard InChI is InChI=1S/C21H21N3O2S2/c1-25-17-7-3-15(4-8-17)20-23-13-19(28-20)14-27-21-22-11-12-24(21)16-5-9-18(26-2)10-6-16/h3-12,19H,13-14H2,1-2H3. The Morgan fingerprint density at radius 3 is 2.39 bits per heavy atom. The number of methoxy groups -OCH3 is 2. The van der Waals surface area contributed by atoms with Crippen LogP contribution in [0.4, 0.5) is 0 Å². The number of hydrogen-bond acceptors (Lipinski definition) is 6. The maximum atomic E-state index is 5.24. The molecule has 0 amide bonds. The van der Waals surface area contributed by atoms with E-state index in [1.807, 2.05) is 60.6 Å². The quantitative estimate of drug-likeness (QED) is 0.534. The summed E-state index contributed by atoms with van der Waals surface area (Å²) in [5.74, 6) is 2.68. The van der Waals surface area contributed by atoms with Gasteiger partial charge in [0, 0.05) is 34.6 Å². The zero-order valence-electron chi connectivity index (χ0n) is 15.7. The number of aromatic nitrogens is 2. The number of imidazole rings is 1. The van der Waals surface area contributed by atoms with Crippen molar-refractivity contribution in [1.29, 1.82) is 0 Å². The SMILES string of the molecule is COc1ccc(C2=NCC(CSc3nccn3-c3ccc(OC)cc3)S2)cc1. The molecule has 0 radical (unpaired) electrons. The van der Waals surface area contributed by atoms with Crippen LogP contribution in [-0.4, -0.2) is 46.4 Å². The van der Waals surface area contributed by atoms with Crippen LogP contribution in [-0.2, 0) is 0 Å². The number of benzene rings is 2. The van der Waals surface area contributed by atoms with E-state index in [4.69, 9.17) is 14.5 Å². The third-order valence-corrected chi connectivity index (χ3v) is 6.99. The topological polar surface area (TPSA) is 48.6 Å². The summed E-state index contributed by atoms with van der Waals surface area (Å²) in [4.78, 5) is 9.25. The molecule has 0 fully saturated rings. The van der Waals surface area contributed by atoms with E-state index >= 15 is 0 Å². The van der Waals surface area contributed by atoms with Gasteiger partial charge in [-0.05, 0) is 48.5 Å². The maximum absolute atomic E-state index is 5.24. The summed E-state index contributed by atoms with van der Waals surface area (Å²) in [7, 11) is 3.36. The third-order valence-electron chi connectivity index (χ3n) is 4.41. The molecule has 2 aromatic carbocycles. The Morgan fingerprint density at radius 2 is 1.71 bits per heavy atom. The van der Waals surface area contributed by atoms with E-state index < -0.39 is 0 Å². The normalized spacial score (nSPS) is 16.1. The van der Waals surface area contributed by atoms with Gasteiger partial charge in [-0.15, -0.1) is 11.8 Å². The van der Waals surface area contributed by atoms with E-state index in [-0.39, 0.29) is 0 Å². The molecule has 28 heavy (non-hydrogen) atoms. The lowest BCUT2D eigenvalue weighted by molar-refractivity contribution is 0.414. The van der Waals surface area contributed by atoms with Crippen LogP contribution in [0.25, 0.3) is 5.69 Å². The van der Waals surface area contributed by atoms with E-state index in [0.29, 0.717) is 5.25 Å². The van der Waals surface area contributed by atoms with Crippen LogP contribution in [0.1, 0.15) is 5.56 Å². The number of ether oxygens (including phenoxy) is 2. The number of rotatable bonds is 7. The van der Waals surface area contributed by atoms with Gasteiger partial charge < -0.3 is 9.47 Å². The molecule has 1 unspecified atom stereocenters. The molecule has 1 aromatic heterocycles. The number of thioether (sulfide) groups is 2. The maximum Gasteiger partial charge on any atom is 0.172 e. The molecule has 0 bridgehead atoms. The van der Waals surface area contributed by atoms with Gasteiger partial charge in [0.2, 0.25) is 0 Å². The molecular weight excluding hydrogens is 390 g/mol. The molecule has 1 atom stereocenters. The molecule has 4 rings (SSSR count). The minimum Gasteiger partial charge on any atom is -0.497 e. The van der Waals surface area contributed by atoms with E-state index in [1.165, 1.54) is 0 Å². The average molecular weight is 412 g/mol. The summed E-state index contributed by atoms with van der Waals surface area (Å²) in [6.07, 6.45) is 3.83. The first-order valence-electron chi connectivity index (χ1n) is 8.93. The Bertz CT molecular complexity index is 953. The van der Waals surface area contributed by atoms with Crippen LogP contribution >= 0.6 is 23.5 Å². The molecule has 7 heteroatoms. The Balaban J connectivity index is 1.36. The number of hydrogen-bond donors (Lipinski definition) is 0. The van der Waals surface area contributed by atoms with Crippen LogP contribution in [0, 0.1) is 0 Å². The first kappa shape index (κ1) is 19.0. The fraction of sp³-hybridized carbons (Fsp3) is 0.238. The molecule has 3 aromatic rings. The van der Waals surface area contributed by atoms with E-state index in [0.717, 1.165) is 45.2 Å². The second kappa shape index (κ2) is 8.75. The highest BCUT2D eigenvalue weighted by molar-refractivity contribution is 8.16. The molecule has 0 N–H and O–H groups in total. The summed E-state index contributed by atoms with van der Waals surface area (Å²) in [6, 6.07) is 16.1. The van der Waals surface area contributed by atoms with Gasteiger partial charge in [-0.2, -0.15) is 0 Å². The molecule has 0 saturated carbocycles. The minimum absolute atomic E-state index is 0.447. The molecule has 5 nitrogen and oxygen atoms in total. The molecule has 0 saturated heterocycles. The largest absolute Gasteiger partial charge is 0.497 e. The highest BCUT2D eigenvalue weighted by Gasteiger charge is 2.22. The van der Waals surface area contributed by atoms with Crippen molar-refractivity contribution in [2.24, 2.45) is 4.99 Å². The van der Waals surface area contributed by atoms with Gasteiger partial charge in [0.25, 0.3) is 0 Å². The summed E-state index contributed by atoms with van der Waals surface area (Å²) in [6.45, 7) is 0.836. The Morgan fingerprint density at radius 1 is 1.04 bits per heavy atom. The number of aliphatic imine (C=N–C) groups is 1. The zero-order valence-corrected chi connectivity index (χ0v) is 17.4. The summed E-state index contributed by atoms with van der Waals surface area (Å²) in [5, 5.41) is 2.54. The highest BCUT2D eigenvalue weighted by Crippen LogP contribution is 2.31. The molecule has 0 aliphatic carbocycles. The monoisotopic (exact) mass is 411 g/mol. The predicted molar refractivity (Wildman–Crippen MR) is 117 cm³/mol. The van der Waals surface area contributed by atoms with E-state index in [9.17, 15) is 0 Å². The van der Waals surface area contributed by atoms with Crippen molar-refractivity contribution < 1.29 is 9.47 Å². The second-order valence-electron chi connectivity index (χ2n) is 6.20. The Hall–Kier alpha value is -2.38. The van der Waals surface area contributed by atoms with Crippen LogP contribution in [0.3, 0.4) is 0 Å². The zero-order chi connectivity index (χ0) is 19.3. The first-order valence-corrected chi connectivity index (χ1v) is 10.8. The van der Waals surface area contributed by atoms with Crippen molar-refractivity contribution in [2.75, 3.05) is 26.5 Å². The van der Waals surface area contributed by atoms with Crippen LogP contribution < -0.4 is 9.47 Å². The van der Waals surface area contributed by atoms with Gasteiger partial charge in [-0.25, -0.2) is 4.98 Å². The predicted octanol–water partition coefficient (Wildman–Crippen LogP) is 4.54. The molecule has 144 valence electrons. The fourth-order valence-electron chi connectivity index (χ4n) is 2.90. The lowest BCUT2D eigenvalue weighted by Gasteiger charge is -2.11. The minimum atomic E-state index is 0.447. The molecule has 1 aliphatic rings. The van der Waals surface area contributed by atoms with Gasteiger partial charge in [0.1, 0.15) is 11.5 Å². The summed E-state index contributed by atoms with van der Waals surface area (Å²) < 4.78 is 12.6. The number of nitrogens with zero attached hydrogens (tertiary/aromatic N) is 3. The average Bonchev–Trinajstić information content (AvgIpc) is 3.42. The first-order chi connectivity index (χ1) is 13.8. The van der Waals surface area contributed by atoms with Gasteiger partial charge in [0.05, 0.1) is 25.8 Å². The van der Waals surface area contributed by atoms with E-state index in [2.05, 4.69) is 21.7 Å². The van der Waals surface area contributed by atoms with Crippen LogP contribution in [0.5, 0.6) is 11.5 Å². The van der Waals surface area contributed by atoms with Crippen molar-refractivity contribution in [2.45, 2.75) is 10.4 Å². The molecule has 2 heterocycles. The lowest BCUT2D eigenvalue weighted by atomic mass is 10.2. The lowest BCUT2D eigenvalue weighted by Crippen LogP contribution is -2.08. The van der Waals surface area contributed by atoms with Crippen molar-refractivity contribution in [3.8, 4) is 17.2 Å². The smallest absolute Gasteiger partial charge is 0.172 e. The molecule has 0 spiro atoms. The van der Waals surface area contributed by atoms with Crippen molar-refractivity contribution in [3.05, 3.63) is 66.5 Å². The molecule has 1 aliphatic heterocycles. The Kier molecular flexibility index (Phi) is 5.92. The van der Waals surface area contributed by atoms with Crippen molar-refractivity contribution in [1.82, 2.24) is 9.55 Å². The second-order valence-corrected chi connectivity index (χ2v) is 8.48. The molecular formula is C21H21N3O2S2. The highest BCUT2D eigenvalue weighted by atomic mass is 32.2. The Labute approximate surface area is 173 Å². The van der Waals surface area contributed by atoms with E-state index in [1.54, 1.807) is 26.0 Å². The third kappa shape index (κ3) is 4.20. The fourth-order valence-corrected chi connectivity index (χ4v) is 5.14. The van der Waals surface area contributed by atoms with Gasteiger partial charge in [-0.1, -0.05) is 11.8 Å². The summed E-state index contributed by atoms with van der Waals surface area (Å²) in [5.41, 5.74) is 2.23. The van der Waals surface area contributed by atoms with Crippen LogP contribution in [0.15, 0.2) is 71.1 Å². The van der Waals surface area contributed by atoms with Gasteiger partial charge in [0.15, 0.2) is 5.16 Å². The van der Waals surface area contributed by atoms with Crippen molar-refractivity contribution >= 4 is 28.6 Å². The van der Waals surface area contributed by atoms with Gasteiger partial charge in [-0.3, -0.25) is 9.56 Å². The van der Waals surface area contributed by atoms with Crippen molar-refractivity contribution in [3.63, 3.8) is 0 Å². The summed E-state index contributed by atoms with van der Waals surface area (Å²) >= 11 is 3.61.